The summed E-state index contributed by atoms with van der Waals surface area (Å²) in [5.74, 6) is 0.501. The summed E-state index contributed by atoms with van der Waals surface area (Å²) >= 11 is 0. The Hall–Kier alpha value is -2.19. The summed E-state index contributed by atoms with van der Waals surface area (Å²) < 4.78 is 1.65. The number of aliphatic imine (C=N–C) groups is 1. The van der Waals surface area contributed by atoms with Crippen molar-refractivity contribution < 1.29 is 4.79 Å². The monoisotopic (exact) mass is 227 g/mol. The fraction of sp³-hybridized carbons (Fsp3) is 0.231. The van der Waals surface area contributed by atoms with Gasteiger partial charge in [0.15, 0.2) is 5.82 Å². The van der Waals surface area contributed by atoms with E-state index >= 15 is 0 Å². The van der Waals surface area contributed by atoms with Gasteiger partial charge < -0.3 is 0 Å². The molecular formula is C13H13N3O. The summed E-state index contributed by atoms with van der Waals surface area (Å²) in [5.41, 5.74) is 4.11. The van der Waals surface area contributed by atoms with Gasteiger partial charge >= 0.3 is 0 Å². The molecule has 0 saturated heterocycles. The molecule has 0 fully saturated rings. The minimum atomic E-state index is 0.501. The second-order valence-corrected chi connectivity index (χ2v) is 4.03. The van der Waals surface area contributed by atoms with Gasteiger partial charge in [0.1, 0.15) is 0 Å². The van der Waals surface area contributed by atoms with Crippen LogP contribution in [0.1, 0.15) is 16.8 Å². The number of aromatic nitrogens is 2. The van der Waals surface area contributed by atoms with E-state index < -0.39 is 0 Å². The number of hydrogen-bond acceptors (Lipinski definition) is 3. The third-order valence-corrected chi connectivity index (χ3v) is 2.71. The molecule has 0 radical (unpaired) electrons. The van der Waals surface area contributed by atoms with Crippen molar-refractivity contribution in [3.63, 3.8) is 0 Å². The van der Waals surface area contributed by atoms with E-state index in [9.17, 15) is 4.79 Å². The molecule has 4 nitrogen and oxygen atoms in total. The quantitative estimate of drug-likeness (QED) is 0.585. The molecule has 0 saturated carbocycles. The minimum absolute atomic E-state index is 0.501. The Labute approximate surface area is 99.6 Å². The van der Waals surface area contributed by atoms with Crippen LogP contribution in [0, 0.1) is 20.8 Å². The number of aryl methyl sites for hydroxylation is 3. The van der Waals surface area contributed by atoms with Gasteiger partial charge in [0, 0.05) is 6.07 Å². The van der Waals surface area contributed by atoms with Crippen molar-refractivity contribution in [2.75, 3.05) is 0 Å². The zero-order valence-corrected chi connectivity index (χ0v) is 10.1. The molecular weight excluding hydrogens is 214 g/mol. The van der Waals surface area contributed by atoms with Crippen molar-refractivity contribution in [1.29, 1.82) is 0 Å². The number of hydrogen-bond donors (Lipinski definition) is 0. The first kappa shape index (κ1) is 11.3. The van der Waals surface area contributed by atoms with Gasteiger partial charge in [-0.2, -0.15) is 5.10 Å². The molecule has 2 aromatic rings. The molecule has 1 aromatic heterocycles. The number of carbonyl (C=O) groups excluding carboxylic acids is 1. The summed E-state index contributed by atoms with van der Waals surface area (Å²) in [5, 5.41) is 4.31. The number of isocyanates is 1. The van der Waals surface area contributed by atoms with Gasteiger partial charge in [-0.15, -0.1) is 4.99 Å². The van der Waals surface area contributed by atoms with Crippen molar-refractivity contribution in [3.05, 3.63) is 41.1 Å². The SMILES string of the molecule is Cc1cc(N=C=O)n(-c2ccc(C)c(C)c2)n1. The van der Waals surface area contributed by atoms with Crippen LogP contribution in [0.4, 0.5) is 5.82 Å². The normalized spacial score (nSPS) is 10.1. The van der Waals surface area contributed by atoms with E-state index in [1.165, 1.54) is 11.1 Å². The first-order valence-electron chi connectivity index (χ1n) is 5.34. The molecule has 0 aliphatic heterocycles. The largest absolute Gasteiger partial charge is 0.242 e. The second-order valence-electron chi connectivity index (χ2n) is 4.03. The zero-order chi connectivity index (χ0) is 12.4. The second kappa shape index (κ2) is 4.36. The average molecular weight is 227 g/mol. The zero-order valence-electron chi connectivity index (χ0n) is 10.1. The first-order chi connectivity index (χ1) is 8.11. The highest BCUT2D eigenvalue weighted by molar-refractivity contribution is 5.50. The van der Waals surface area contributed by atoms with Crippen LogP contribution in [0.15, 0.2) is 29.3 Å². The Morgan fingerprint density at radius 3 is 2.59 bits per heavy atom. The summed E-state index contributed by atoms with van der Waals surface area (Å²) in [6, 6.07) is 7.75. The van der Waals surface area contributed by atoms with E-state index in [0.29, 0.717) is 5.82 Å². The van der Waals surface area contributed by atoms with E-state index in [4.69, 9.17) is 0 Å². The highest BCUT2D eigenvalue weighted by atomic mass is 16.1. The number of rotatable bonds is 2. The number of nitrogens with zero attached hydrogens (tertiary/aromatic N) is 3. The lowest BCUT2D eigenvalue weighted by Gasteiger charge is -2.06. The Bertz CT molecular complexity index is 607. The standard InChI is InChI=1S/C13H13N3O/c1-9-4-5-12(6-10(9)2)16-13(14-8-17)7-11(3)15-16/h4-7H,1-3H3. The molecule has 0 N–H and O–H groups in total. The van der Waals surface area contributed by atoms with Crippen LogP contribution in [0.2, 0.25) is 0 Å². The maximum atomic E-state index is 10.4. The lowest BCUT2D eigenvalue weighted by atomic mass is 10.1. The maximum absolute atomic E-state index is 10.4. The molecule has 1 heterocycles. The smallest absolute Gasteiger partial charge is 0.214 e. The summed E-state index contributed by atoms with van der Waals surface area (Å²) in [7, 11) is 0. The topological polar surface area (TPSA) is 47.2 Å². The van der Waals surface area contributed by atoms with Gasteiger partial charge in [0.2, 0.25) is 6.08 Å². The molecule has 0 amide bonds. The van der Waals surface area contributed by atoms with E-state index in [2.05, 4.69) is 17.0 Å². The third kappa shape index (κ3) is 2.17. The lowest BCUT2D eigenvalue weighted by molar-refractivity contribution is 0.565. The van der Waals surface area contributed by atoms with Crippen molar-refractivity contribution in [2.24, 2.45) is 4.99 Å². The van der Waals surface area contributed by atoms with Crippen LogP contribution in [-0.2, 0) is 4.79 Å². The maximum Gasteiger partial charge on any atom is 0.242 e. The van der Waals surface area contributed by atoms with Crippen LogP contribution >= 0.6 is 0 Å². The molecule has 0 spiro atoms. The fourth-order valence-electron chi connectivity index (χ4n) is 1.66. The minimum Gasteiger partial charge on any atom is -0.214 e. The molecule has 0 aliphatic rings. The molecule has 0 unspecified atom stereocenters. The van der Waals surface area contributed by atoms with Gasteiger partial charge in [-0.05, 0) is 44.0 Å². The summed E-state index contributed by atoms with van der Waals surface area (Å²) in [6.45, 7) is 5.96. The van der Waals surface area contributed by atoms with E-state index in [-0.39, 0.29) is 0 Å². The van der Waals surface area contributed by atoms with E-state index in [1.807, 2.05) is 32.0 Å². The summed E-state index contributed by atoms with van der Waals surface area (Å²) in [6.07, 6.45) is 1.55. The van der Waals surface area contributed by atoms with Gasteiger partial charge in [-0.25, -0.2) is 9.48 Å². The van der Waals surface area contributed by atoms with Crippen molar-refractivity contribution in [1.82, 2.24) is 9.78 Å². The highest BCUT2D eigenvalue weighted by Crippen LogP contribution is 2.21. The van der Waals surface area contributed by atoms with Crippen LogP contribution < -0.4 is 0 Å². The Kier molecular flexibility index (Phi) is 2.90. The van der Waals surface area contributed by atoms with Crippen LogP contribution in [0.3, 0.4) is 0 Å². The van der Waals surface area contributed by atoms with Crippen molar-refractivity contribution >= 4 is 11.9 Å². The molecule has 0 bridgehead atoms. The molecule has 1 aromatic carbocycles. The molecule has 4 heteroatoms. The molecule has 86 valence electrons. The fourth-order valence-corrected chi connectivity index (χ4v) is 1.66. The molecule has 0 atom stereocenters. The van der Waals surface area contributed by atoms with E-state index in [0.717, 1.165) is 11.4 Å². The Morgan fingerprint density at radius 1 is 1.18 bits per heavy atom. The molecule has 0 aliphatic carbocycles. The van der Waals surface area contributed by atoms with Gasteiger partial charge in [-0.3, -0.25) is 0 Å². The van der Waals surface area contributed by atoms with Gasteiger partial charge in [-0.1, -0.05) is 6.07 Å². The predicted octanol–water partition coefficient (Wildman–Crippen LogP) is 2.76. The van der Waals surface area contributed by atoms with Crippen LogP contribution in [0.25, 0.3) is 5.69 Å². The lowest BCUT2D eigenvalue weighted by Crippen LogP contribution is -1.97. The first-order valence-corrected chi connectivity index (χ1v) is 5.34. The van der Waals surface area contributed by atoms with Crippen LogP contribution in [-0.4, -0.2) is 15.9 Å². The predicted molar refractivity (Wildman–Crippen MR) is 65.6 cm³/mol. The van der Waals surface area contributed by atoms with Crippen LogP contribution in [0.5, 0.6) is 0 Å². The Morgan fingerprint density at radius 2 is 1.94 bits per heavy atom. The van der Waals surface area contributed by atoms with E-state index in [1.54, 1.807) is 16.8 Å². The third-order valence-electron chi connectivity index (χ3n) is 2.71. The molecule has 2 rings (SSSR count). The Balaban J connectivity index is 2.59. The van der Waals surface area contributed by atoms with Gasteiger partial charge in [0.05, 0.1) is 11.4 Å². The van der Waals surface area contributed by atoms with Gasteiger partial charge in [0.25, 0.3) is 0 Å². The molecule has 17 heavy (non-hydrogen) atoms. The van der Waals surface area contributed by atoms with Crippen molar-refractivity contribution in [3.8, 4) is 5.69 Å². The number of benzene rings is 1. The summed E-state index contributed by atoms with van der Waals surface area (Å²) in [4.78, 5) is 14.0. The van der Waals surface area contributed by atoms with Crippen molar-refractivity contribution in [2.45, 2.75) is 20.8 Å². The average Bonchev–Trinajstić information content (AvgIpc) is 2.64. The highest BCUT2D eigenvalue weighted by Gasteiger charge is 2.07.